The van der Waals surface area contributed by atoms with Gasteiger partial charge in [0.25, 0.3) is 0 Å². The lowest BCUT2D eigenvalue weighted by Crippen LogP contribution is -2.13. The molecule has 0 saturated carbocycles. The van der Waals surface area contributed by atoms with Gasteiger partial charge in [-0.2, -0.15) is 0 Å². The molecule has 3 N–H and O–H groups in total. The third-order valence-corrected chi connectivity index (χ3v) is 4.63. The number of hydrogen-bond donors (Lipinski definition) is 2. The highest BCUT2D eigenvalue weighted by atomic mass is 32.2. The molecule has 0 amide bonds. The Bertz CT molecular complexity index is 825. The number of imidazole rings is 1. The van der Waals surface area contributed by atoms with E-state index in [0.717, 1.165) is 33.7 Å². The lowest BCUT2D eigenvalue weighted by molar-refractivity contribution is 0.273. The van der Waals surface area contributed by atoms with E-state index >= 15 is 0 Å². The molecule has 3 rings (SSSR count). The van der Waals surface area contributed by atoms with E-state index in [4.69, 9.17) is 5.73 Å². The van der Waals surface area contributed by atoms with Crippen LogP contribution < -0.4 is 5.73 Å². The van der Waals surface area contributed by atoms with Gasteiger partial charge in [-0.1, -0.05) is 26.0 Å². The van der Waals surface area contributed by atoms with E-state index in [-0.39, 0.29) is 6.61 Å². The van der Waals surface area contributed by atoms with E-state index in [1.165, 1.54) is 11.8 Å². The fraction of sp³-hybridized carbons (Fsp3) is 0.438. The van der Waals surface area contributed by atoms with Crippen molar-refractivity contribution in [3.05, 3.63) is 30.1 Å². The van der Waals surface area contributed by atoms with Crippen molar-refractivity contribution >= 4 is 22.8 Å². The molecule has 24 heavy (non-hydrogen) atoms. The van der Waals surface area contributed by atoms with Crippen molar-refractivity contribution in [3.8, 4) is 0 Å². The van der Waals surface area contributed by atoms with Crippen LogP contribution in [0.1, 0.15) is 19.7 Å². The van der Waals surface area contributed by atoms with E-state index in [1.807, 2.05) is 28.8 Å². The maximum atomic E-state index is 9.40. The molecule has 1 aromatic carbocycles. The number of aromatic nitrogens is 5. The topological polar surface area (TPSA) is 94.8 Å². The first kappa shape index (κ1) is 16.9. The number of aliphatic hydroxyl groups excluding tert-OH is 1. The van der Waals surface area contributed by atoms with Crippen LogP contribution in [0.25, 0.3) is 11.0 Å². The first-order valence-corrected chi connectivity index (χ1v) is 8.81. The second kappa shape index (κ2) is 7.33. The Balaban J connectivity index is 2.01. The standard InChI is InChI=1S/C16H22N6OS/c1-11(2)10-22-14(9-17)19-20-16(22)24-15-18-12-5-3-4-6-13(12)21(15)7-8-23/h3-6,11,23H,7-10,17H2,1-2H3. The van der Waals surface area contributed by atoms with Gasteiger partial charge in [0.2, 0.25) is 0 Å². The summed E-state index contributed by atoms with van der Waals surface area (Å²) in [6.07, 6.45) is 0. The fourth-order valence-corrected chi connectivity index (χ4v) is 3.60. The number of nitrogens with two attached hydrogens (primary N) is 1. The van der Waals surface area contributed by atoms with E-state index < -0.39 is 0 Å². The quantitative estimate of drug-likeness (QED) is 0.678. The minimum absolute atomic E-state index is 0.0562. The average Bonchev–Trinajstić information content (AvgIpc) is 3.10. The zero-order valence-corrected chi connectivity index (χ0v) is 14.7. The zero-order valence-electron chi connectivity index (χ0n) is 13.9. The van der Waals surface area contributed by atoms with Gasteiger partial charge in [-0.15, -0.1) is 10.2 Å². The summed E-state index contributed by atoms with van der Waals surface area (Å²) in [7, 11) is 0. The molecule has 0 radical (unpaired) electrons. The first-order valence-electron chi connectivity index (χ1n) is 8.00. The molecule has 3 aromatic rings. The van der Waals surface area contributed by atoms with Gasteiger partial charge in [-0.3, -0.25) is 0 Å². The Labute approximate surface area is 144 Å². The summed E-state index contributed by atoms with van der Waals surface area (Å²) in [5.41, 5.74) is 7.69. The van der Waals surface area contributed by atoms with Crippen LogP contribution >= 0.6 is 11.8 Å². The van der Waals surface area contributed by atoms with Gasteiger partial charge in [-0.25, -0.2) is 4.98 Å². The van der Waals surface area contributed by atoms with Crippen molar-refractivity contribution < 1.29 is 5.11 Å². The average molecular weight is 346 g/mol. The van der Waals surface area contributed by atoms with Gasteiger partial charge in [0.15, 0.2) is 10.3 Å². The number of rotatable bonds is 7. The summed E-state index contributed by atoms with van der Waals surface area (Å²) >= 11 is 1.46. The van der Waals surface area contributed by atoms with Crippen LogP contribution in [0.3, 0.4) is 0 Å². The molecular formula is C16H22N6OS. The van der Waals surface area contributed by atoms with E-state index in [1.54, 1.807) is 0 Å². The van der Waals surface area contributed by atoms with Crippen LogP contribution in [-0.2, 0) is 19.6 Å². The van der Waals surface area contributed by atoms with Crippen molar-refractivity contribution in [1.29, 1.82) is 0 Å². The van der Waals surface area contributed by atoms with Gasteiger partial charge < -0.3 is 20.0 Å². The normalized spacial score (nSPS) is 11.7. The molecule has 0 aliphatic carbocycles. The number of para-hydroxylation sites is 2. The molecule has 0 fully saturated rings. The smallest absolute Gasteiger partial charge is 0.199 e. The fourth-order valence-electron chi connectivity index (χ4n) is 2.62. The van der Waals surface area contributed by atoms with Gasteiger partial charge in [0.1, 0.15) is 5.82 Å². The zero-order chi connectivity index (χ0) is 17.1. The molecular weight excluding hydrogens is 324 g/mol. The lowest BCUT2D eigenvalue weighted by atomic mass is 10.2. The third-order valence-electron chi connectivity index (χ3n) is 3.65. The monoisotopic (exact) mass is 346 g/mol. The molecule has 8 heteroatoms. The molecule has 0 bridgehead atoms. The molecule has 0 spiro atoms. The van der Waals surface area contributed by atoms with E-state index in [9.17, 15) is 5.11 Å². The molecule has 0 atom stereocenters. The van der Waals surface area contributed by atoms with Gasteiger partial charge in [-0.05, 0) is 29.8 Å². The van der Waals surface area contributed by atoms with Crippen LogP contribution in [0.4, 0.5) is 0 Å². The van der Waals surface area contributed by atoms with E-state index in [0.29, 0.717) is 19.0 Å². The molecule has 2 aromatic heterocycles. The Morgan fingerprint density at radius 2 is 1.96 bits per heavy atom. The van der Waals surface area contributed by atoms with Crippen molar-refractivity contribution in [2.24, 2.45) is 11.7 Å². The second-order valence-electron chi connectivity index (χ2n) is 5.97. The second-order valence-corrected chi connectivity index (χ2v) is 6.90. The minimum atomic E-state index is 0.0562. The first-order chi connectivity index (χ1) is 11.6. The van der Waals surface area contributed by atoms with Crippen LogP contribution in [-0.4, -0.2) is 36.0 Å². The maximum absolute atomic E-state index is 9.40. The SMILES string of the molecule is CC(C)Cn1c(CN)nnc1Sc1nc2ccccc2n1CCO. The van der Waals surface area contributed by atoms with Crippen molar-refractivity contribution in [2.75, 3.05) is 6.61 Å². The summed E-state index contributed by atoms with van der Waals surface area (Å²) in [6.45, 7) is 6.01. The lowest BCUT2D eigenvalue weighted by Gasteiger charge is -2.12. The Kier molecular flexibility index (Phi) is 5.17. The van der Waals surface area contributed by atoms with Gasteiger partial charge in [0, 0.05) is 13.1 Å². The molecule has 128 valence electrons. The van der Waals surface area contributed by atoms with Crippen molar-refractivity contribution in [1.82, 2.24) is 24.3 Å². The molecule has 0 saturated heterocycles. The number of aliphatic hydroxyl groups is 1. The molecule has 0 aliphatic rings. The van der Waals surface area contributed by atoms with Crippen molar-refractivity contribution in [2.45, 2.75) is 43.8 Å². The maximum Gasteiger partial charge on any atom is 0.199 e. The summed E-state index contributed by atoms with van der Waals surface area (Å²) in [5, 5.41) is 19.5. The Morgan fingerprint density at radius 3 is 2.67 bits per heavy atom. The predicted molar refractivity (Wildman–Crippen MR) is 93.7 cm³/mol. The van der Waals surface area contributed by atoms with E-state index in [2.05, 4.69) is 33.6 Å². The number of benzene rings is 1. The molecule has 7 nitrogen and oxygen atoms in total. The Hall–Kier alpha value is -1.90. The highest BCUT2D eigenvalue weighted by Crippen LogP contribution is 2.30. The number of hydrogen-bond acceptors (Lipinski definition) is 6. The Morgan fingerprint density at radius 1 is 1.17 bits per heavy atom. The summed E-state index contributed by atoms with van der Waals surface area (Å²) in [5.74, 6) is 1.23. The van der Waals surface area contributed by atoms with Crippen molar-refractivity contribution in [3.63, 3.8) is 0 Å². The molecule has 0 aliphatic heterocycles. The van der Waals surface area contributed by atoms with Crippen LogP contribution in [0.15, 0.2) is 34.6 Å². The number of nitrogens with zero attached hydrogens (tertiary/aromatic N) is 5. The summed E-state index contributed by atoms with van der Waals surface area (Å²) in [4.78, 5) is 4.68. The minimum Gasteiger partial charge on any atom is -0.395 e. The summed E-state index contributed by atoms with van der Waals surface area (Å²) in [6, 6.07) is 7.91. The van der Waals surface area contributed by atoms with Crippen LogP contribution in [0, 0.1) is 5.92 Å². The third kappa shape index (κ3) is 3.31. The molecule has 0 unspecified atom stereocenters. The van der Waals surface area contributed by atoms with Gasteiger partial charge in [0.05, 0.1) is 24.2 Å². The highest BCUT2D eigenvalue weighted by Gasteiger charge is 2.18. The molecule has 2 heterocycles. The number of fused-ring (bicyclic) bond motifs is 1. The van der Waals surface area contributed by atoms with Gasteiger partial charge >= 0.3 is 0 Å². The van der Waals surface area contributed by atoms with Crippen LogP contribution in [0.2, 0.25) is 0 Å². The largest absolute Gasteiger partial charge is 0.395 e. The summed E-state index contributed by atoms with van der Waals surface area (Å²) < 4.78 is 4.06. The highest BCUT2D eigenvalue weighted by molar-refractivity contribution is 7.99. The van der Waals surface area contributed by atoms with Crippen LogP contribution in [0.5, 0.6) is 0 Å². The predicted octanol–water partition coefficient (Wildman–Crippen LogP) is 1.89.